The van der Waals surface area contributed by atoms with Gasteiger partial charge in [-0.05, 0) is 32.1 Å². The number of ether oxygens (including phenoxy) is 1. The minimum Gasteiger partial charge on any atom is -0.463 e. The molecular formula is C43H84NO8P. The van der Waals surface area contributed by atoms with E-state index in [-0.39, 0.29) is 32.1 Å². The van der Waals surface area contributed by atoms with Crippen LogP contribution in [0, 0.1) is 0 Å². The number of nitrogens with one attached hydrogen (secondary N) is 1. The smallest absolute Gasteiger partial charge is 0.463 e. The van der Waals surface area contributed by atoms with Gasteiger partial charge in [0.05, 0.1) is 13.2 Å². The molecule has 0 aromatic carbocycles. The number of hydrogen-bond acceptors (Lipinski definition) is 7. The van der Waals surface area contributed by atoms with Crippen LogP contribution in [0.1, 0.15) is 219 Å². The number of esters is 1. The molecule has 0 aromatic heterocycles. The van der Waals surface area contributed by atoms with Crippen molar-refractivity contribution in [2.45, 2.75) is 225 Å². The van der Waals surface area contributed by atoms with Crippen LogP contribution in [0.15, 0.2) is 12.2 Å². The normalized spacial score (nSPS) is 13.4. The van der Waals surface area contributed by atoms with Gasteiger partial charge in [0, 0.05) is 19.4 Å². The number of amides is 1. The van der Waals surface area contributed by atoms with Crippen LogP contribution in [0.25, 0.3) is 0 Å². The molecule has 2 unspecified atom stereocenters. The van der Waals surface area contributed by atoms with Gasteiger partial charge in [0.15, 0.2) is 0 Å². The molecule has 53 heavy (non-hydrogen) atoms. The van der Waals surface area contributed by atoms with E-state index in [1.165, 1.54) is 128 Å². The van der Waals surface area contributed by atoms with Crippen LogP contribution in [-0.2, 0) is 27.9 Å². The third kappa shape index (κ3) is 41.7. The Morgan fingerprint density at radius 3 is 1.49 bits per heavy atom. The van der Waals surface area contributed by atoms with Crippen molar-refractivity contribution in [3.63, 3.8) is 0 Å². The lowest BCUT2D eigenvalue weighted by atomic mass is 10.0. The molecule has 2 atom stereocenters. The van der Waals surface area contributed by atoms with E-state index in [0.717, 1.165) is 64.2 Å². The molecule has 9 nitrogen and oxygen atoms in total. The van der Waals surface area contributed by atoms with Crippen molar-refractivity contribution in [1.29, 1.82) is 0 Å². The highest BCUT2D eigenvalue weighted by Gasteiger charge is 2.23. The molecule has 0 radical (unpaired) electrons. The Morgan fingerprint density at radius 1 is 0.566 bits per heavy atom. The minimum atomic E-state index is -4.41. The number of aliphatic hydroxyl groups is 1. The number of carbonyl (C=O) groups is 2. The van der Waals surface area contributed by atoms with Gasteiger partial charge in [-0.3, -0.25) is 18.6 Å². The van der Waals surface area contributed by atoms with Gasteiger partial charge < -0.3 is 20.1 Å². The van der Waals surface area contributed by atoms with Crippen LogP contribution in [-0.4, -0.2) is 54.3 Å². The van der Waals surface area contributed by atoms with E-state index in [1.807, 2.05) is 0 Å². The molecule has 0 saturated heterocycles. The summed E-state index contributed by atoms with van der Waals surface area (Å²) in [7, 11) is -4.41. The molecule has 0 fully saturated rings. The Bertz CT molecular complexity index is 886. The van der Waals surface area contributed by atoms with Gasteiger partial charge in [0.25, 0.3) is 0 Å². The van der Waals surface area contributed by atoms with E-state index in [4.69, 9.17) is 13.8 Å². The molecule has 0 aliphatic carbocycles. The Kier molecular flexibility index (Phi) is 39.5. The second-order valence-electron chi connectivity index (χ2n) is 15.0. The van der Waals surface area contributed by atoms with Crippen LogP contribution >= 0.6 is 7.82 Å². The third-order valence-electron chi connectivity index (χ3n) is 9.68. The van der Waals surface area contributed by atoms with Gasteiger partial charge in [0.2, 0.25) is 5.91 Å². The van der Waals surface area contributed by atoms with Crippen LogP contribution in [0.3, 0.4) is 0 Å². The van der Waals surface area contributed by atoms with Crippen molar-refractivity contribution in [3.05, 3.63) is 12.2 Å². The number of hydrogen-bond donors (Lipinski definition) is 3. The van der Waals surface area contributed by atoms with Crippen LogP contribution < -0.4 is 5.32 Å². The Labute approximate surface area is 326 Å². The highest BCUT2D eigenvalue weighted by atomic mass is 31.2. The van der Waals surface area contributed by atoms with Gasteiger partial charge in [-0.15, -0.1) is 0 Å². The average molecular weight is 774 g/mol. The first kappa shape index (κ1) is 51.8. The summed E-state index contributed by atoms with van der Waals surface area (Å²) < 4.78 is 26.8. The number of phosphoric acid groups is 1. The molecule has 0 bridgehead atoms. The van der Waals surface area contributed by atoms with Crippen molar-refractivity contribution in [3.8, 4) is 0 Å². The molecule has 0 saturated carbocycles. The largest absolute Gasteiger partial charge is 0.472 e. The number of aliphatic hydroxyl groups excluding tert-OH is 1. The fourth-order valence-electron chi connectivity index (χ4n) is 6.33. The summed E-state index contributed by atoms with van der Waals surface area (Å²) in [6.45, 7) is 3.50. The average Bonchev–Trinajstić information content (AvgIpc) is 3.14. The second kappa shape index (κ2) is 40.4. The summed E-state index contributed by atoms with van der Waals surface area (Å²) in [5.41, 5.74) is 0. The molecule has 0 aromatic rings. The maximum Gasteiger partial charge on any atom is 0.472 e. The predicted octanol–water partition coefficient (Wildman–Crippen LogP) is 12.2. The summed E-state index contributed by atoms with van der Waals surface area (Å²) in [6, 6.07) is 0. The summed E-state index contributed by atoms with van der Waals surface area (Å²) >= 11 is 0. The van der Waals surface area contributed by atoms with Gasteiger partial charge >= 0.3 is 13.8 Å². The van der Waals surface area contributed by atoms with Crippen LogP contribution in [0.4, 0.5) is 0 Å². The molecule has 0 rings (SSSR count). The second-order valence-corrected chi connectivity index (χ2v) is 16.5. The van der Waals surface area contributed by atoms with Gasteiger partial charge in [0.1, 0.15) is 12.7 Å². The number of allylic oxidation sites excluding steroid dienone is 2. The lowest BCUT2D eigenvalue weighted by molar-refractivity contribution is -0.147. The molecule has 10 heteroatoms. The van der Waals surface area contributed by atoms with E-state index in [1.54, 1.807) is 0 Å². The lowest BCUT2D eigenvalue weighted by Gasteiger charge is -2.15. The van der Waals surface area contributed by atoms with E-state index in [0.29, 0.717) is 6.42 Å². The minimum absolute atomic E-state index is 0.0855. The maximum absolute atomic E-state index is 12.1. The quantitative estimate of drug-likeness (QED) is 0.0242. The van der Waals surface area contributed by atoms with E-state index in [9.17, 15) is 24.2 Å². The lowest BCUT2D eigenvalue weighted by Crippen LogP contribution is -2.27. The number of carbonyl (C=O) groups excluding carboxylic acids is 2. The van der Waals surface area contributed by atoms with Crippen LogP contribution in [0.2, 0.25) is 0 Å². The highest BCUT2D eigenvalue weighted by Crippen LogP contribution is 2.42. The fourth-order valence-corrected chi connectivity index (χ4v) is 7.08. The van der Waals surface area contributed by atoms with Crippen molar-refractivity contribution in [2.24, 2.45) is 0 Å². The molecule has 0 heterocycles. The van der Waals surface area contributed by atoms with Crippen molar-refractivity contribution < 1.29 is 37.9 Å². The fraction of sp³-hybridized carbons (Fsp3) is 0.907. The summed E-state index contributed by atoms with van der Waals surface area (Å²) in [4.78, 5) is 33.8. The molecular weight excluding hydrogens is 689 g/mol. The Morgan fingerprint density at radius 2 is 1.00 bits per heavy atom. The molecule has 0 aliphatic heterocycles. The molecule has 0 spiro atoms. The van der Waals surface area contributed by atoms with Gasteiger partial charge in [-0.2, -0.15) is 0 Å². The molecule has 1 amide bonds. The summed E-state index contributed by atoms with van der Waals surface area (Å²) in [5.74, 6) is -0.519. The molecule has 0 aliphatic rings. The molecule has 3 N–H and O–H groups in total. The highest BCUT2D eigenvalue weighted by molar-refractivity contribution is 7.47. The van der Waals surface area contributed by atoms with E-state index < -0.39 is 26.5 Å². The zero-order valence-corrected chi connectivity index (χ0v) is 35.4. The zero-order valence-electron chi connectivity index (χ0n) is 34.5. The third-order valence-corrected chi connectivity index (χ3v) is 10.7. The zero-order chi connectivity index (χ0) is 38.9. The first-order chi connectivity index (χ1) is 25.8. The maximum atomic E-state index is 12.1. The van der Waals surface area contributed by atoms with Crippen molar-refractivity contribution in [1.82, 2.24) is 5.32 Å². The van der Waals surface area contributed by atoms with Gasteiger partial charge in [-0.25, -0.2) is 4.57 Å². The van der Waals surface area contributed by atoms with E-state index >= 15 is 0 Å². The summed E-state index contributed by atoms with van der Waals surface area (Å²) in [6.07, 6.45) is 41.6. The Hall–Kier alpha value is -1.25. The molecule has 314 valence electrons. The monoisotopic (exact) mass is 774 g/mol. The van der Waals surface area contributed by atoms with Crippen molar-refractivity contribution in [2.75, 3.05) is 26.4 Å². The number of phosphoric ester groups is 1. The SMILES string of the molecule is CCC/C=C\CCCCCCCC(=O)OCC(O)COP(=O)(O)OCCNC(=O)CCCCCCCCCCCCCCCCCCCCCCCC. The van der Waals surface area contributed by atoms with Crippen molar-refractivity contribution >= 4 is 19.7 Å². The standard InChI is InChI=1S/C43H84NO8P/c1-3-5-7-9-11-13-15-16-17-18-19-20-21-22-23-24-25-26-27-29-31-33-35-42(46)44-37-38-51-53(48,49)52-40-41(45)39-50-43(47)36-34-32-30-28-14-12-10-8-6-4-2/h8,10,41,45H,3-7,9,11-40H2,1-2H3,(H,44,46)(H,48,49)/b10-8-. The van der Waals surface area contributed by atoms with Crippen LogP contribution in [0.5, 0.6) is 0 Å². The van der Waals surface area contributed by atoms with Gasteiger partial charge in [-0.1, -0.05) is 187 Å². The topological polar surface area (TPSA) is 131 Å². The Balaban J connectivity index is 3.51. The number of rotatable bonds is 42. The van der Waals surface area contributed by atoms with E-state index in [2.05, 4.69) is 31.3 Å². The first-order valence-corrected chi connectivity index (χ1v) is 23.7. The number of unbranched alkanes of at least 4 members (excludes halogenated alkanes) is 27. The first-order valence-electron chi connectivity index (χ1n) is 22.2. The predicted molar refractivity (Wildman–Crippen MR) is 220 cm³/mol. The summed E-state index contributed by atoms with van der Waals surface area (Å²) in [5, 5.41) is 12.7.